The predicted molar refractivity (Wildman–Crippen MR) is 121 cm³/mol. The van der Waals surface area contributed by atoms with Crippen molar-refractivity contribution in [3.05, 3.63) is 54.1 Å². The molecular formula is C25H28N2O6. The largest absolute Gasteiger partial charge is 0.486 e. The van der Waals surface area contributed by atoms with Gasteiger partial charge in [0, 0.05) is 31.3 Å². The summed E-state index contributed by atoms with van der Waals surface area (Å²) in [6.07, 6.45) is 0.579. The zero-order valence-electron chi connectivity index (χ0n) is 18.6. The average Bonchev–Trinajstić information content (AvgIpc) is 3.23. The normalized spacial score (nSPS) is 18.0. The van der Waals surface area contributed by atoms with Crippen molar-refractivity contribution in [3.63, 3.8) is 0 Å². The van der Waals surface area contributed by atoms with E-state index in [-0.39, 0.29) is 43.9 Å². The number of nitrogens with zero attached hydrogens (tertiary/aromatic N) is 1. The van der Waals surface area contributed by atoms with E-state index in [4.69, 9.17) is 14.2 Å². The monoisotopic (exact) mass is 452 g/mol. The first-order valence-corrected chi connectivity index (χ1v) is 11.2. The Bertz CT molecular complexity index is 1010. The van der Waals surface area contributed by atoms with Crippen LogP contribution in [0.2, 0.25) is 0 Å². The van der Waals surface area contributed by atoms with Crippen molar-refractivity contribution in [2.45, 2.75) is 19.8 Å². The molecule has 2 amide bonds. The van der Waals surface area contributed by atoms with Crippen LogP contribution in [0, 0.1) is 11.8 Å². The van der Waals surface area contributed by atoms with Crippen LogP contribution < -0.4 is 19.7 Å². The number of hydrogen-bond donors (Lipinski definition) is 1. The van der Waals surface area contributed by atoms with Crippen molar-refractivity contribution >= 4 is 23.5 Å². The highest BCUT2D eigenvalue weighted by Crippen LogP contribution is 2.36. The molecule has 8 heteroatoms. The highest BCUT2D eigenvalue weighted by Gasteiger charge is 2.36. The van der Waals surface area contributed by atoms with E-state index in [1.165, 1.54) is 0 Å². The first-order chi connectivity index (χ1) is 16.0. The molecule has 1 N–H and O–H groups in total. The Labute approximate surface area is 192 Å². The molecule has 33 heavy (non-hydrogen) atoms. The van der Waals surface area contributed by atoms with E-state index in [9.17, 15) is 14.4 Å². The number of anilines is 1. The molecule has 2 aliphatic heterocycles. The van der Waals surface area contributed by atoms with Gasteiger partial charge in [-0.25, -0.2) is 0 Å². The van der Waals surface area contributed by atoms with Crippen LogP contribution in [0.25, 0.3) is 0 Å². The summed E-state index contributed by atoms with van der Waals surface area (Å²) in [6.45, 7) is 3.41. The van der Waals surface area contributed by atoms with Crippen molar-refractivity contribution in [1.82, 2.24) is 5.32 Å². The molecule has 1 saturated heterocycles. The smallest absolute Gasteiger partial charge is 0.311 e. The summed E-state index contributed by atoms with van der Waals surface area (Å²) in [4.78, 5) is 39.5. The van der Waals surface area contributed by atoms with Crippen LogP contribution in [-0.2, 0) is 25.5 Å². The van der Waals surface area contributed by atoms with E-state index in [0.29, 0.717) is 36.8 Å². The lowest BCUT2D eigenvalue weighted by molar-refractivity contribution is -0.148. The number of carbonyl (C=O) groups excluding carboxylic acids is 3. The third-order valence-electron chi connectivity index (χ3n) is 5.80. The molecule has 8 nitrogen and oxygen atoms in total. The Morgan fingerprint density at radius 3 is 2.64 bits per heavy atom. The van der Waals surface area contributed by atoms with Crippen molar-refractivity contribution in [2.75, 3.05) is 37.8 Å². The van der Waals surface area contributed by atoms with Gasteiger partial charge in [0.25, 0.3) is 0 Å². The number of nitrogens with one attached hydrogen (secondary N) is 1. The molecule has 2 heterocycles. The van der Waals surface area contributed by atoms with E-state index in [0.717, 1.165) is 5.56 Å². The number of ether oxygens (including phenoxy) is 3. The quantitative estimate of drug-likeness (QED) is 0.618. The fourth-order valence-electron chi connectivity index (χ4n) is 4.10. The highest BCUT2D eigenvalue weighted by molar-refractivity contribution is 6.00. The van der Waals surface area contributed by atoms with Gasteiger partial charge in [-0.1, -0.05) is 30.3 Å². The molecular weight excluding hydrogens is 424 g/mol. The average molecular weight is 453 g/mol. The minimum absolute atomic E-state index is 0.114. The van der Waals surface area contributed by atoms with E-state index < -0.39 is 11.8 Å². The molecule has 174 valence electrons. The maximum Gasteiger partial charge on any atom is 0.311 e. The van der Waals surface area contributed by atoms with Crippen molar-refractivity contribution in [1.29, 1.82) is 0 Å². The fraction of sp³-hybridized carbons (Fsp3) is 0.400. The molecule has 2 unspecified atom stereocenters. The molecule has 0 spiro atoms. The van der Waals surface area contributed by atoms with Crippen LogP contribution >= 0.6 is 0 Å². The van der Waals surface area contributed by atoms with Gasteiger partial charge in [0.15, 0.2) is 11.5 Å². The number of hydrogen-bond acceptors (Lipinski definition) is 6. The van der Waals surface area contributed by atoms with Gasteiger partial charge in [-0.3, -0.25) is 14.4 Å². The molecule has 4 rings (SSSR count). The highest BCUT2D eigenvalue weighted by atomic mass is 16.6. The predicted octanol–water partition coefficient (Wildman–Crippen LogP) is 2.35. The molecule has 2 aliphatic rings. The number of fused-ring (bicyclic) bond motifs is 1. The summed E-state index contributed by atoms with van der Waals surface area (Å²) in [5.74, 6) is -0.467. The minimum Gasteiger partial charge on any atom is -0.486 e. The number of carbonyl (C=O) groups is 3. The summed E-state index contributed by atoms with van der Waals surface area (Å²) >= 11 is 0. The topological polar surface area (TPSA) is 94.2 Å². The second-order valence-corrected chi connectivity index (χ2v) is 8.12. The van der Waals surface area contributed by atoms with Gasteiger partial charge in [0.05, 0.1) is 18.4 Å². The second-order valence-electron chi connectivity index (χ2n) is 8.12. The summed E-state index contributed by atoms with van der Waals surface area (Å²) in [6, 6.07) is 14.9. The fourth-order valence-corrected chi connectivity index (χ4v) is 4.10. The molecule has 0 aromatic heterocycles. The van der Waals surface area contributed by atoms with Gasteiger partial charge in [-0.2, -0.15) is 0 Å². The van der Waals surface area contributed by atoms with E-state index in [1.807, 2.05) is 30.3 Å². The summed E-state index contributed by atoms with van der Waals surface area (Å²) in [5.41, 5.74) is 1.67. The molecule has 2 atom stereocenters. The Morgan fingerprint density at radius 1 is 1.12 bits per heavy atom. The van der Waals surface area contributed by atoms with Gasteiger partial charge in [-0.15, -0.1) is 0 Å². The third-order valence-corrected chi connectivity index (χ3v) is 5.80. The van der Waals surface area contributed by atoms with Gasteiger partial charge < -0.3 is 24.4 Å². The number of rotatable bonds is 8. The SMILES string of the molecule is CCOC(=O)C(CNC(=O)C1CC(=O)N(c2ccc3c(c2)OCCO3)C1)Cc1ccccc1. The van der Waals surface area contributed by atoms with Gasteiger partial charge >= 0.3 is 5.97 Å². The number of amides is 2. The van der Waals surface area contributed by atoms with Crippen LogP contribution in [0.15, 0.2) is 48.5 Å². The standard InChI is InChI=1S/C25H28N2O6/c1-2-31-25(30)18(12-17-6-4-3-5-7-17)15-26-24(29)19-13-23(28)27(16-19)20-8-9-21-22(14-20)33-11-10-32-21/h3-9,14,18-19H,2,10-13,15-16H2,1H3,(H,26,29). The van der Waals surface area contributed by atoms with E-state index in [1.54, 1.807) is 30.0 Å². The van der Waals surface area contributed by atoms with Crippen LogP contribution in [0.3, 0.4) is 0 Å². The molecule has 0 radical (unpaired) electrons. The van der Waals surface area contributed by atoms with Crippen LogP contribution in [0.4, 0.5) is 5.69 Å². The molecule has 0 saturated carbocycles. The van der Waals surface area contributed by atoms with Crippen LogP contribution in [0.1, 0.15) is 18.9 Å². The van der Waals surface area contributed by atoms with E-state index >= 15 is 0 Å². The Balaban J connectivity index is 1.37. The first kappa shape index (κ1) is 22.6. The summed E-state index contributed by atoms with van der Waals surface area (Å²) in [7, 11) is 0. The summed E-state index contributed by atoms with van der Waals surface area (Å²) in [5, 5.41) is 2.86. The lowest BCUT2D eigenvalue weighted by Crippen LogP contribution is -2.39. The lowest BCUT2D eigenvalue weighted by Gasteiger charge is -2.22. The van der Waals surface area contributed by atoms with Crippen LogP contribution in [0.5, 0.6) is 11.5 Å². The molecule has 2 aromatic rings. The number of benzene rings is 2. The van der Waals surface area contributed by atoms with Gasteiger partial charge in [0.2, 0.25) is 11.8 Å². The number of esters is 1. The maximum absolute atomic E-state index is 12.9. The Kier molecular flexibility index (Phi) is 7.12. The zero-order chi connectivity index (χ0) is 23.2. The maximum atomic E-state index is 12.9. The van der Waals surface area contributed by atoms with Gasteiger partial charge in [0.1, 0.15) is 13.2 Å². The molecule has 1 fully saturated rings. The Morgan fingerprint density at radius 2 is 1.88 bits per heavy atom. The molecule has 0 bridgehead atoms. The Hall–Kier alpha value is -3.55. The molecule has 2 aromatic carbocycles. The summed E-state index contributed by atoms with van der Waals surface area (Å²) < 4.78 is 16.3. The van der Waals surface area contributed by atoms with Crippen molar-refractivity contribution in [2.24, 2.45) is 11.8 Å². The first-order valence-electron chi connectivity index (χ1n) is 11.2. The van der Waals surface area contributed by atoms with E-state index in [2.05, 4.69) is 5.32 Å². The van der Waals surface area contributed by atoms with Crippen LogP contribution in [-0.4, -0.2) is 50.7 Å². The second kappa shape index (κ2) is 10.4. The molecule has 0 aliphatic carbocycles. The van der Waals surface area contributed by atoms with Crippen molar-refractivity contribution < 1.29 is 28.6 Å². The zero-order valence-corrected chi connectivity index (χ0v) is 18.6. The lowest BCUT2D eigenvalue weighted by atomic mass is 9.98. The third kappa shape index (κ3) is 5.45. The van der Waals surface area contributed by atoms with Gasteiger partial charge in [-0.05, 0) is 31.0 Å². The minimum atomic E-state index is -0.498. The van der Waals surface area contributed by atoms with Crippen molar-refractivity contribution in [3.8, 4) is 11.5 Å².